The Balaban J connectivity index is 1.46. The molecule has 4 heterocycles. The van der Waals surface area contributed by atoms with Crippen molar-refractivity contribution >= 4 is 91.4 Å². The lowest BCUT2D eigenvalue weighted by Crippen LogP contribution is -1.94. The smallest absolute Gasteiger partial charge is 0.0641 e. The number of benzene rings is 6. The van der Waals surface area contributed by atoms with Crippen molar-refractivity contribution in [3.05, 3.63) is 133 Å². The van der Waals surface area contributed by atoms with E-state index >= 15 is 0 Å². The quantitative estimate of drug-likeness (QED) is 0.184. The van der Waals surface area contributed by atoms with E-state index in [1.54, 1.807) is 0 Å². The van der Waals surface area contributed by atoms with Gasteiger partial charge < -0.3 is 8.97 Å². The van der Waals surface area contributed by atoms with Crippen molar-refractivity contribution < 1.29 is 0 Å². The largest absolute Gasteiger partial charge is 0.309 e. The molecular formula is C38H22N2S. The first-order chi connectivity index (χ1) is 20.4. The van der Waals surface area contributed by atoms with Crippen LogP contribution in [0.1, 0.15) is 0 Å². The summed E-state index contributed by atoms with van der Waals surface area (Å²) in [6, 6.07) is 49.1. The maximum Gasteiger partial charge on any atom is 0.0641 e. The summed E-state index contributed by atoms with van der Waals surface area (Å²) >= 11 is 1.89. The molecule has 0 radical (unpaired) electrons. The Hall–Kier alpha value is -5.12. The van der Waals surface area contributed by atoms with Crippen LogP contribution in [-0.4, -0.2) is 8.97 Å². The Morgan fingerprint density at radius 2 is 1.00 bits per heavy atom. The summed E-state index contributed by atoms with van der Waals surface area (Å²) in [7, 11) is 0. The average molecular weight is 539 g/mol. The van der Waals surface area contributed by atoms with Crippen LogP contribution < -0.4 is 0 Å². The molecule has 0 fully saturated rings. The second kappa shape index (κ2) is 7.75. The van der Waals surface area contributed by atoms with Crippen LogP contribution in [0.15, 0.2) is 133 Å². The molecule has 3 heteroatoms. The van der Waals surface area contributed by atoms with Crippen molar-refractivity contribution in [2.45, 2.75) is 0 Å². The summed E-state index contributed by atoms with van der Waals surface area (Å²) in [4.78, 5) is 0. The topological polar surface area (TPSA) is 9.34 Å². The highest BCUT2D eigenvalue weighted by molar-refractivity contribution is 7.26. The van der Waals surface area contributed by atoms with Gasteiger partial charge in [-0.3, -0.25) is 0 Å². The van der Waals surface area contributed by atoms with Crippen molar-refractivity contribution in [3.8, 4) is 5.69 Å². The first-order valence-corrected chi connectivity index (χ1v) is 14.9. The molecule has 6 aromatic carbocycles. The Kier molecular flexibility index (Phi) is 4.10. The molecule has 0 N–H and O–H groups in total. The second-order valence-corrected chi connectivity index (χ2v) is 12.0. The predicted octanol–water partition coefficient (Wildman–Crippen LogP) is 10.9. The van der Waals surface area contributed by atoms with Crippen molar-refractivity contribution in [1.29, 1.82) is 0 Å². The van der Waals surface area contributed by atoms with E-state index in [-0.39, 0.29) is 0 Å². The Morgan fingerprint density at radius 1 is 0.390 bits per heavy atom. The molecule has 0 spiro atoms. The summed E-state index contributed by atoms with van der Waals surface area (Å²) in [6.45, 7) is 0. The fraction of sp³-hybridized carbons (Fsp3) is 0. The van der Waals surface area contributed by atoms with Crippen LogP contribution in [0.4, 0.5) is 0 Å². The SMILES string of the molecule is c1ccc2c(c1)sc1c(-n3c4ccccc4c4ccc5c(cc6c7ccccc7c7ccccc7n65)c43)cccc12. The molecule has 0 aliphatic heterocycles. The van der Waals surface area contributed by atoms with Crippen molar-refractivity contribution in [1.82, 2.24) is 8.97 Å². The molecular weight excluding hydrogens is 516 g/mol. The van der Waals surface area contributed by atoms with Crippen LogP contribution in [0.5, 0.6) is 0 Å². The van der Waals surface area contributed by atoms with E-state index in [4.69, 9.17) is 0 Å². The Morgan fingerprint density at radius 3 is 1.83 bits per heavy atom. The molecule has 4 aromatic heterocycles. The van der Waals surface area contributed by atoms with E-state index < -0.39 is 0 Å². The van der Waals surface area contributed by atoms with E-state index in [0.29, 0.717) is 0 Å². The normalized spacial score (nSPS) is 12.4. The van der Waals surface area contributed by atoms with Gasteiger partial charge in [0.2, 0.25) is 0 Å². The zero-order chi connectivity index (χ0) is 26.7. The minimum atomic E-state index is 1.24. The maximum absolute atomic E-state index is 2.52. The molecule has 2 nitrogen and oxygen atoms in total. The van der Waals surface area contributed by atoms with Crippen LogP contribution in [0.3, 0.4) is 0 Å². The van der Waals surface area contributed by atoms with E-state index in [2.05, 4.69) is 142 Å². The Bertz CT molecular complexity index is 2700. The minimum absolute atomic E-state index is 1.24. The fourth-order valence-corrected chi connectivity index (χ4v) is 8.40. The third-order valence-corrected chi connectivity index (χ3v) is 10.1. The standard InChI is InChI=1S/C38H22N2S/c1-2-12-25-23(10-1)24-11-3-6-16-31(24)39-33-21-20-28-26-13-4-7-17-32(26)40(37(28)30(33)22-35(25)39)34-18-9-15-29-27-14-5-8-19-36(27)41-38(29)34/h1-22H. The highest BCUT2D eigenvalue weighted by Crippen LogP contribution is 2.44. The number of aromatic nitrogens is 2. The van der Waals surface area contributed by atoms with Crippen LogP contribution in [0.25, 0.3) is 85.8 Å². The van der Waals surface area contributed by atoms with Crippen molar-refractivity contribution in [2.24, 2.45) is 0 Å². The van der Waals surface area contributed by atoms with E-state index in [0.717, 1.165) is 0 Å². The van der Waals surface area contributed by atoms with Gasteiger partial charge in [-0.15, -0.1) is 11.3 Å². The number of fused-ring (bicyclic) bond motifs is 15. The summed E-state index contributed by atoms with van der Waals surface area (Å²) in [5.41, 5.74) is 7.48. The first kappa shape index (κ1) is 21.7. The zero-order valence-electron chi connectivity index (χ0n) is 22.0. The second-order valence-electron chi connectivity index (χ2n) is 10.9. The molecule has 0 aliphatic carbocycles. The molecule has 0 bridgehead atoms. The monoisotopic (exact) mass is 538 g/mol. The van der Waals surface area contributed by atoms with Gasteiger partial charge >= 0.3 is 0 Å². The third-order valence-electron chi connectivity index (χ3n) is 8.88. The molecule has 0 saturated carbocycles. The first-order valence-electron chi connectivity index (χ1n) is 14.0. The highest BCUT2D eigenvalue weighted by atomic mass is 32.1. The zero-order valence-corrected chi connectivity index (χ0v) is 22.8. The summed E-state index contributed by atoms with van der Waals surface area (Å²) in [5.74, 6) is 0. The molecule has 0 unspecified atom stereocenters. The van der Waals surface area contributed by atoms with E-state index in [1.165, 1.54) is 85.8 Å². The van der Waals surface area contributed by atoms with Crippen LogP contribution in [-0.2, 0) is 0 Å². The van der Waals surface area contributed by atoms with Gasteiger partial charge in [-0.05, 0) is 41.8 Å². The van der Waals surface area contributed by atoms with Crippen LogP contribution >= 0.6 is 11.3 Å². The lowest BCUT2D eigenvalue weighted by molar-refractivity contribution is 1.21. The lowest BCUT2D eigenvalue weighted by Gasteiger charge is -2.11. The van der Waals surface area contributed by atoms with Gasteiger partial charge in [-0.2, -0.15) is 0 Å². The number of hydrogen-bond acceptors (Lipinski definition) is 1. The van der Waals surface area contributed by atoms with Gasteiger partial charge in [0.25, 0.3) is 0 Å². The molecule has 0 amide bonds. The number of pyridine rings is 1. The molecule has 190 valence electrons. The fourth-order valence-electron chi connectivity index (χ4n) is 7.19. The minimum Gasteiger partial charge on any atom is -0.309 e. The van der Waals surface area contributed by atoms with Gasteiger partial charge in [-0.25, -0.2) is 0 Å². The number of hydrogen-bond donors (Lipinski definition) is 0. The molecule has 0 aliphatic rings. The summed E-state index contributed by atoms with van der Waals surface area (Å²) in [5, 5.41) is 10.4. The van der Waals surface area contributed by atoms with Crippen LogP contribution in [0, 0.1) is 0 Å². The van der Waals surface area contributed by atoms with Gasteiger partial charge in [0.15, 0.2) is 0 Å². The van der Waals surface area contributed by atoms with Crippen molar-refractivity contribution in [2.75, 3.05) is 0 Å². The van der Waals surface area contributed by atoms with Crippen molar-refractivity contribution in [3.63, 3.8) is 0 Å². The van der Waals surface area contributed by atoms with Gasteiger partial charge in [0, 0.05) is 42.4 Å². The van der Waals surface area contributed by atoms with Gasteiger partial charge in [0.1, 0.15) is 0 Å². The van der Waals surface area contributed by atoms with E-state index in [1.807, 2.05) is 11.3 Å². The third kappa shape index (κ3) is 2.71. The summed E-state index contributed by atoms with van der Waals surface area (Å²) < 4.78 is 7.64. The lowest BCUT2D eigenvalue weighted by atomic mass is 10.1. The number of thiophene rings is 1. The Labute approximate surface area is 238 Å². The van der Waals surface area contributed by atoms with E-state index in [9.17, 15) is 0 Å². The van der Waals surface area contributed by atoms with Gasteiger partial charge in [0.05, 0.1) is 38.0 Å². The average Bonchev–Trinajstić information content (AvgIpc) is 3.71. The number of nitrogens with zero attached hydrogens (tertiary/aromatic N) is 2. The molecule has 0 saturated heterocycles. The molecule has 41 heavy (non-hydrogen) atoms. The predicted molar refractivity (Wildman–Crippen MR) is 177 cm³/mol. The van der Waals surface area contributed by atoms with Crippen LogP contribution in [0.2, 0.25) is 0 Å². The molecule has 10 aromatic rings. The maximum atomic E-state index is 2.52. The number of rotatable bonds is 1. The molecule has 0 atom stereocenters. The highest BCUT2D eigenvalue weighted by Gasteiger charge is 2.20. The number of para-hydroxylation sites is 2. The molecule has 10 rings (SSSR count). The van der Waals surface area contributed by atoms with Gasteiger partial charge in [-0.1, -0.05) is 97.1 Å². The summed E-state index contributed by atoms with van der Waals surface area (Å²) in [6.07, 6.45) is 0.